The molecule has 0 bridgehead atoms. The Balaban J connectivity index is 2.89. The lowest BCUT2D eigenvalue weighted by atomic mass is 10.1. The Labute approximate surface area is 98.7 Å². The van der Waals surface area contributed by atoms with Crippen molar-refractivity contribution < 1.29 is 14.5 Å². The van der Waals surface area contributed by atoms with Gasteiger partial charge in [-0.1, -0.05) is 6.07 Å². The van der Waals surface area contributed by atoms with Crippen molar-refractivity contribution in [2.75, 3.05) is 5.32 Å². The van der Waals surface area contributed by atoms with Crippen molar-refractivity contribution in [1.29, 1.82) is 0 Å². The maximum atomic E-state index is 11.4. The van der Waals surface area contributed by atoms with Crippen LogP contribution in [0.3, 0.4) is 0 Å². The van der Waals surface area contributed by atoms with E-state index in [-0.39, 0.29) is 11.8 Å². The van der Waals surface area contributed by atoms with Gasteiger partial charge in [0, 0.05) is 6.07 Å². The minimum atomic E-state index is -0.622. The minimum absolute atomic E-state index is 0.0349. The number of nitrogens with zero attached hydrogens (tertiary/aromatic N) is 1. The number of nitrogens with one attached hydrogen (secondary N) is 1. The van der Waals surface area contributed by atoms with E-state index in [1.54, 1.807) is 26.8 Å². The number of carbonyl (C=O) groups excluding carboxylic acids is 1. The first-order valence-electron chi connectivity index (χ1n) is 5.13. The number of hydrogen-bond acceptors (Lipinski definition) is 4. The van der Waals surface area contributed by atoms with Gasteiger partial charge in [-0.25, -0.2) is 4.79 Å². The summed E-state index contributed by atoms with van der Waals surface area (Å²) >= 11 is 0. The fourth-order valence-corrected chi connectivity index (χ4v) is 1.31. The van der Waals surface area contributed by atoms with Crippen molar-refractivity contribution >= 4 is 17.5 Å². The number of ether oxygens (including phenoxy) is 1. The third kappa shape index (κ3) is 3.44. The Morgan fingerprint density at radius 2 is 2.12 bits per heavy atom. The van der Waals surface area contributed by atoms with E-state index < -0.39 is 11.0 Å². The third-order valence-corrected chi connectivity index (χ3v) is 2.08. The van der Waals surface area contributed by atoms with Gasteiger partial charge < -0.3 is 4.74 Å². The number of anilines is 1. The molecule has 0 aliphatic carbocycles. The van der Waals surface area contributed by atoms with E-state index in [1.165, 1.54) is 12.1 Å². The van der Waals surface area contributed by atoms with Gasteiger partial charge in [0.2, 0.25) is 0 Å². The lowest BCUT2D eigenvalue weighted by molar-refractivity contribution is -0.385. The molecule has 0 unspecified atom stereocenters. The number of rotatable bonds is 3. The predicted octanol–water partition coefficient (Wildman–Crippen LogP) is 2.86. The summed E-state index contributed by atoms with van der Waals surface area (Å²) in [6.07, 6.45) is -0.863. The number of carbonyl (C=O) groups is 1. The molecule has 92 valence electrons. The predicted molar refractivity (Wildman–Crippen MR) is 63.1 cm³/mol. The second kappa shape index (κ2) is 5.29. The molecule has 1 aromatic carbocycles. The molecule has 6 heteroatoms. The Morgan fingerprint density at radius 3 is 2.65 bits per heavy atom. The van der Waals surface area contributed by atoms with Crippen LogP contribution in [0.15, 0.2) is 18.2 Å². The molecule has 1 aromatic rings. The van der Waals surface area contributed by atoms with Crippen molar-refractivity contribution in [2.24, 2.45) is 0 Å². The van der Waals surface area contributed by atoms with Gasteiger partial charge in [-0.3, -0.25) is 15.4 Å². The van der Waals surface area contributed by atoms with Crippen molar-refractivity contribution in [3.63, 3.8) is 0 Å². The van der Waals surface area contributed by atoms with E-state index in [1.807, 2.05) is 0 Å². The first-order valence-corrected chi connectivity index (χ1v) is 5.13. The standard InChI is InChI=1S/C11H14N2O4/c1-7(2)17-11(14)12-9-5-4-6-10(8(9)3)13(15)16/h4-7H,1-3H3,(H,12,14). The molecule has 0 atom stereocenters. The maximum Gasteiger partial charge on any atom is 0.411 e. The molecular formula is C11H14N2O4. The maximum absolute atomic E-state index is 11.4. The topological polar surface area (TPSA) is 81.5 Å². The van der Waals surface area contributed by atoms with Crippen LogP contribution < -0.4 is 5.32 Å². The Bertz CT molecular complexity index is 443. The molecule has 0 aliphatic rings. The molecule has 0 heterocycles. The Morgan fingerprint density at radius 1 is 1.47 bits per heavy atom. The van der Waals surface area contributed by atoms with Gasteiger partial charge in [-0.15, -0.1) is 0 Å². The second-order valence-corrected chi connectivity index (χ2v) is 3.79. The number of nitro benzene ring substituents is 1. The van der Waals surface area contributed by atoms with Crippen LogP contribution in [-0.4, -0.2) is 17.1 Å². The molecular weight excluding hydrogens is 224 g/mol. The summed E-state index contributed by atoms with van der Waals surface area (Å²) in [5.41, 5.74) is 0.746. The molecule has 0 saturated carbocycles. The highest BCUT2D eigenvalue weighted by Gasteiger charge is 2.15. The summed E-state index contributed by atoms with van der Waals surface area (Å²) in [5.74, 6) is 0. The zero-order valence-corrected chi connectivity index (χ0v) is 9.89. The molecule has 6 nitrogen and oxygen atoms in total. The zero-order valence-electron chi connectivity index (χ0n) is 9.89. The molecule has 1 amide bonds. The summed E-state index contributed by atoms with van der Waals surface area (Å²) in [6.45, 7) is 5.02. The molecule has 0 fully saturated rings. The first kappa shape index (κ1) is 13.0. The summed E-state index contributed by atoms with van der Waals surface area (Å²) in [5, 5.41) is 13.2. The number of benzene rings is 1. The van der Waals surface area contributed by atoms with Crippen LogP contribution in [0.2, 0.25) is 0 Å². The molecule has 0 aliphatic heterocycles. The van der Waals surface area contributed by atoms with Gasteiger partial charge in [0.25, 0.3) is 5.69 Å². The number of amides is 1. The zero-order chi connectivity index (χ0) is 13.0. The number of hydrogen-bond donors (Lipinski definition) is 1. The largest absolute Gasteiger partial charge is 0.447 e. The van der Waals surface area contributed by atoms with Crippen molar-refractivity contribution in [2.45, 2.75) is 26.9 Å². The second-order valence-electron chi connectivity index (χ2n) is 3.79. The van der Waals surface area contributed by atoms with Gasteiger partial charge in [-0.2, -0.15) is 0 Å². The monoisotopic (exact) mass is 238 g/mol. The normalized spacial score (nSPS) is 10.1. The van der Waals surface area contributed by atoms with E-state index >= 15 is 0 Å². The van der Waals surface area contributed by atoms with E-state index in [4.69, 9.17) is 4.74 Å². The van der Waals surface area contributed by atoms with Crippen LogP contribution in [0, 0.1) is 17.0 Å². The summed E-state index contributed by atoms with van der Waals surface area (Å²) in [6, 6.07) is 4.48. The third-order valence-electron chi connectivity index (χ3n) is 2.08. The van der Waals surface area contributed by atoms with Crippen LogP contribution in [0.5, 0.6) is 0 Å². The summed E-state index contributed by atoms with van der Waals surface area (Å²) < 4.78 is 4.89. The fourth-order valence-electron chi connectivity index (χ4n) is 1.31. The van der Waals surface area contributed by atoms with E-state index in [9.17, 15) is 14.9 Å². The minimum Gasteiger partial charge on any atom is -0.447 e. The van der Waals surface area contributed by atoms with Crippen LogP contribution in [-0.2, 0) is 4.74 Å². The van der Waals surface area contributed by atoms with Crippen LogP contribution in [0.4, 0.5) is 16.2 Å². The Kier molecular flexibility index (Phi) is 4.03. The van der Waals surface area contributed by atoms with Crippen LogP contribution in [0.25, 0.3) is 0 Å². The van der Waals surface area contributed by atoms with Gasteiger partial charge in [0.15, 0.2) is 0 Å². The lowest BCUT2D eigenvalue weighted by Gasteiger charge is -2.11. The van der Waals surface area contributed by atoms with Gasteiger partial charge in [0.1, 0.15) is 0 Å². The van der Waals surface area contributed by atoms with Gasteiger partial charge in [-0.05, 0) is 26.8 Å². The highest BCUT2D eigenvalue weighted by atomic mass is 16.6. The molecule has 17 heavy (non-hydrogen) atoms. The van der Waals surface area contributed by atoms with E-state index in [2.05, 4.69) is 5.32 Å². The molecule has 0 saturated heterocycles. The summed E-state index contributed by atoms with van der Waals surface area (Å²) in [4.78, 5) is 21.6. The molecule has 0 spiro atoms. The summed E-state index contributed by atoms with van der Waals surface area (Å²) in [7, 11) is 0. The van der Waals surface area contributed by atoms with E-state index in [0.717, 1.165) is 0 Å². The van der Waals surface area contributed by atoms with Crippen molar-refractivity contribution in [3.05, 3.63) is 33.9 Å². The molecule has 1 rings (SSSR count). The SMILES string of the molecule is Cc1c(NC(=O)OC(C)C)cccc1[N+](=O)[O-]. The molecule has 1 N–H and O–H groups in total. The average Bonchev–Trinajstić information content (AvgIpc) is 2.19. The van der Waals surface area contributed by atoms with Crippen LogP contribution in [0.1, 0.15) is 19.4 Å². The van der Waals surface area contributed by atoms with Gasteiger partial charge >= 0.3 is 6.09 Å². The lowest BCUT2D eigenvalue weighted by Crippen LogP contribution is -2.18. The van der Waals surface area contributed by atoms with Gasteiger partial charge in [0.05, 0.1) is 22.3 Å². The van der Waals surface area contributed by atoms with Crippen molar-refractivity contribution in [1.82, 2.24) is 0 Å². The quantitative estimate of drug-likeness (QED) is 0.648. The molecule has 0 radical (unpaired) electrons. The van der Waals surface area contributed by atoms with E-state index in [0.29, 0.717) is 11.3 Å². The Hall–Kier alpha value is -2.11. The number of nitro groups is 1. The van der Waals surface area contributed by atoms with Crippen molar-refractivity contribution in [3.8, 4) is 0 Å². The highest BCUT2D eigenvalue weighted by molar-refractivity contribution is 5.86. The van der Waals surface area contributed by atoms with Crippen LogP contribution >= 0.6 is 0 Å². The highest BCUT2D eigenvalue weighted by Crippen LogP contribution is 2.25. The average molecular weight is 238 g/mol. The fraction of sp³-hybridized carbons (Fsp3) is 0.364. The smallest absolute Gasteiger partial charge is 0.411 e. The molecule has 0 aromatic heterocycles. The first-order chi connectivity index (χ1) is 7.91.